The second-order valence-corrected chi connectivity index (χ2v) is 13.4. The normalized spacial score (nSPS) is 20.2. The monoisotopic (exact) mass is 575 g/mol. The van der Waals surface area contributed by atoms with E-state index in [1.54, 1.807) is 0 Å². The predicted molar refractivity (Wildman–Crippen MR) is 134 cm³/mol. The quantitative estimate of drug-likeness (QED) is 0.333. The van der Waals surface area contributed by atoms with E-state index in [1.165, 1.54) is 35.6 Å². The number of aromatic nitrogens is 1. The van der Waals surface area contributed by atoms with E-state index < -0.39 is 36.3 Å². The Labute approximate surface area is 218 Å². The van der Waals surface area contributed by atoms with Crippen LogP contribution in [0.5, 0.6) is 0 Å². The van der Waals surface area contributed by atoms with Gasteiger partial charge in [-0.15, -0.1) is 0 Å². The molecule has 2 saturated heterocycles. The zero-order valence-corrected chi connectivity index (χ0v) is 22.2. The van der Waals surface area contributed by atoms with Crippen LogP contribution < -0.4 is 10.0 Å². The highest BCUT2D eigenvalue weighted by Crippen LogP contribution is 2.24. The molecule has 37 heavy (non-hydrogen) atoms. The number of hydrogen-bond acceptors (Lipinski definition) is 10. The SMILES string of the molecule is CNS(=O)(=O)C1CCN(S(=O)(=O)c2ccc(C(=NO[C@@H]3CCOC3)C(=O)Nc3ncc(F)s3)cc2)CC1. The van der Waals surface area contributed by atoms with Gasteiger partial charge < -0.3 is 9.57 Å². The van der Waals surface area contributed by atoms with Crippen LogP contribution in [-0.4, -0.2) is 82.4 Å². The molecule has 0 aliphatic carbocycles. The number of thiazole rings is 1. The zero-order valence-electron chi connectivity index (χ0n) is 19.8. The summed E-state index contributed by atoms with van der Waals surface area (Å²) in [4.78, 5) is 22.1. The minimum absolute atomic E-state index is 0.0157. The maximum absolute atomic E-state index is 13.3. The van der Waals surface area contributed by atoms with Gasteiger partial charge in [0.05, 0.1) is 29.6 Å². The topological polar surface area (TPSA) is 156 Å². The summed E-state index contributed by atoms with van der Waals surface area (Å²) in [6.07, 6.45) is 1.59. The highest BCUT2D eigenvalue weighted by molar-refractivity contribution is 7.90. The lowest BCUT2D eigenvalue weighted by Crippen LogP contribution is -2.44. The number of anilines is 1. The minimum Gasteiger partial charge on any atom is -0.389 e. The number of nitrogens with zero attached hydrogens (tertiary/aromatic N) is 3. The van der Waals surface area contributed by atoms with Gasteiger partial charge in [0.1, 0.15) is 0 Å². The van der Waals surface area contributed by atoms with E-state index in [0.717, 1.165) is 6.20 Å². The maximum Gasteiger partial charge on any atom is 0.280 e. The number of carbonyl (C=O) groups excluding carboxylic acids is 1. The average Bonchev–Trinajstić information content (AvgIpc) is 3.56. The molecule has 16 heteroatoms. The van der Waals surface area contributed by atoms with Crippen molar-refractivity contribution in [1.82, 2.24) is 14.0 Å². The molecule has 0 spiro atoms. The van der Waals surface area contributed by atoms with Crippen molar-refractivity contribution in [3.05, 3.63) is 41.2 Å². The molecule has 2 aliphatic rings. The van der Waals surface area contributed by atoms with Crippen molar-refractivity contribution in [2.24, 2.45) is 5.16 Å². The van der Waals surface area contributed by atoms with E-state index in [9.17, 15) is 26.0 Å². The van der Waals surface area contributed by atoms with E-state index >= 15 is 0 Å². The summed E-state index contributed by atoms with van der Waals surface area (Å²) < 4.78 is 72.4. The Bertz CT molecular complexity index is 1350. The van der Waals surface area contributed by atoms with E-state index in [4.69, 9.17) is 9.57 Å². The van der Waals surface area contributed by atoms with Crippen molar-refractivity contribution in [2.75, 3.05) is 38.7 Å². The summed E-state index contributed by atoms with van der Waals surface area (Å²) in [5.74, 6) is -0.711. The summed E-state index contributed by atoms with van der Waals surface area (Å²) in [6, 6.07) is 5.51. The van der Waals surface area contributed by atoms with Gasteiger partial charge in [0, 0.05) is 25.1 Å². The molecule has 2 fully saturated rings. The van der Waals surface area contributed by atoms with Gasteiger partial charge in [-0.2, -0.15) is 8.70 Å². The molecule has 3 heterocycles. The molecule has 2 N–H and O–H groups in total. The molecule has 1 amide bonds. The Morgan fingerprint density at radius 3 is 2.46 bits per heavy atom. The summed E-state index contributed by atoms with van der Waals surface area (Å²) in [7, 11) is -6.04. The summed E-state index contributed by atoms with van der Waals surface area (Å²) in [5.41, 5.74) is 0.121. The average molecular weight is 576 g/mol. The molecule has 0 radical (unpaired) electrons. The van der Waals surface area contributed by atoms with Crippen LogP contribution in [0.15, 0.2) is 40.5 Å². The van der Waals surface area contributed by atoms with E-state index in [2.05, 4.69) is 20.2 Å². The summed E-state index contributed by atoms with van der Waals surface area (Å²) in [5, 5.41) is 5.25. The van der Waals surface area contributed by atoms with Crippen molar-refractivity contribution in [3.63, 3.8) is 0 Å². The van der Waals surface area contributed by atoms with Crippen LogP contribution in [0.1, 0.15) is 24.8 Å². The van der Waals surface area contributed by atoms with Crippen LogP contribution in [0.25, 0.3) is 0 Å². The summed E-state index contributed by atoms with van der Waals surface area (Å²) >= 11 is 0.645. The molecule has 0 saturated carbocycles. The smallest absolute Gasteiger partial charge is 0.280 e. The van der Waals surface area contributed by atoms with Crippen molar-refractivity contribution < 1.29 is 35.6 Å². The third kappa shape index (κ3) is 6.50. The predicted octanol–water partition coefficient (Wildman–Crippen LogP) is 1.13. The van der Waals surface area contributed by atoms with Gasteiger partial charge >= 0.3 is 0 Å². The first kappa shape index (κ1) is 27.5. The van der Waals surface area contributed by atoms with Crippen LogP contribution in [0.2, 0.25) is 0 Å². The van der Waals surface area contributed by atoms with Gasteiger partial charge in [0.15, 0.2) is 22.1 Å². The molecule has 4 rings (SSSR count). The number of carbonyl (C=O) groups is 1. The van der Waals surface area contributed by atoms with Crippen molar-refractivity contribution in [2.45, 2.75) is 35.5 Å². The van der Waals surface area contributed by atoms with Crippen LogP contribution in [0, 0.1) is 5.13 Å². The number of benzene rings is 1. The number of amides is 1. The number of ether oxygens (including phenoxy) is 1. The summed E-state index contributed by atoms with van der Waals surface area (Å²) in [6.45, 7) is 0.948. The van der Waals surface area contributed by atoms with E-state index in [-0.39, 0.29) is 53.3 Å². The van der Waals surface area contributed by atoms with Crippen LogP contribution in [0.4, 0.5) is 9.52 Å². The lowest BCUT2D eigenvalue weighted by Gasteiger charge is -2.30. The van der Waals surface area contributed by atoms with Gasteiger partial charge in [0.25, 0.3) is 5.91 Å². The fourth-order valence-electron chi connectivity index (χ4n) is 3.90. The molecule has 1 aromatic carbocycles. The highest BCUT2D eigenvalue weighted by atomic mass is 32.2. The Morgan fingerprint density at radius 1 is 1.19 bits per heavy atom. The van der Waals surface area contributed by atoms with E-state index in [0.29, 0.717) is 31.0 Å². The molecule has 1 aromatic heterocycles. The third-order valence-electron chi connectivity index (χ3n) is 5.98. The molecular formula is C21H26FN5O7S3. The van der Waals surface area contributed by atoms with Crippen molar-refractivity contribution in [1.29, 1.82) is 0 Å². The van der Waals surface area contributed by atoms with Crippen molar-refractivity contribution in [3.8, 4) is 0 Å². The van der Waals surface area contributed by atoms with Crippen LogP contribution in [-0.2, 0) is 34.4 Å². The fourth-order valence-corrected chi connectivity index (χ4v) is 7.07. The zero-order chi connectivity index (χ0) is 26.6. The number of rotatable bonds is 9. The largest absolute Gasteiger partial charge is 0.389 e. The molecule has 2 aliphatic heterocycles. The standard InChI is InChI=1S/C21H26FN5O7S3/c1-23-36(29,30)16-6-9-27(10-7-16)37(31,32)17-4-2-14(3-5-17)19(26-34-15-8-11-33-13-15)20(28)25-21-24-12-18(22)35-21/h2-5,12,15-16,23H,6-11,13H2,1H3,(H,24,25,28)/t15-/m1/s1. The van der Waals surface area contributed by atoms with Gasteiger partial charge in [-0.25, -0.2) is 26.5 Å². The van der Waals surface area contributed by atoms with Crippen LogP contribution in [0.3, 0.4) is 0 Å². The minimum atomic E-state index is -3.89. The number of nitrogens with one attached hydrogen (secondary N) is 2. The first-order valence-electron chi connectivity index (χ1n) is 11.4. The Balaban J connectivity index is 1.51. The second-order valence-electron chi connectivity index (χ2n) is 8.33. The number of sulfonamides is 2. The van der Waals surface area contributed by atoms with Gasteiger partial charge in [0.2, 0.25) is 20.0 Å². The molecule has 2 aromatic rings. The lowest BCUT2D eigenvalue weighted by molar-refractivity contribution is -0.110. The second kappa shape index (κ2) is 11.5. The lowest BCUT2D eigenvalue weighted by atomic mass is 10.1. The molecule has 1 atom stereocenters. The van der Waals surface area contributed by atoms with Crippen molar-refractivity contribution >= 4 is 48.1 Å². The first-order chi connectivity index (χ1) is 17.6. The highest BCUT2D eigenvalue weighted by Gasteiger charge is 2.34. The number of piperidine rings is 1. The Morgan fingerprint density at radius 2 is 1.89 bits per heavy atom. The van der Waals surface area contributed by atoms with E-state index in [1.807, 2.05) is 0 Å². The number of halogens is 1. The molecule has 202 valence electrons. The number of hydrogen-bond donors (Lipinski definition) is 2. The first-order valence-corrected chi connectivity index (χ1v) is 15.2. The maximum atomic E-state index is 13.3. The molecule has 0 unspecified atom stereocenters. The fraction of sp³-hybridized carbons (Fsp3) is 0.476. The number of oxime groups is 1. The van der Waals surface area contributed by atoms with Gasteiger partial charge in [-0.05, 0) is 32.0 Å². The molecular weight excluding hydrogens is 549 g/mol. The molecule has 12 nitrogen and oxygen atoms in total. The van der Waals surface area contributed by atoms with Gasteiger partial charge in [-0.1, -0.05) is 28.6 Å². The third-order valence-corrected chi connectivity index (χ3v) is 10.5. The Hall–Kier alpha value is -2.50. The molecule has 0 bridgehead atoms. The van der Waals surface area contributed by atoms with Crippen LogP contribution >= 0.6 is 11.3 Å². The Kier molecular flexibility index (Phi) is 8.55. The van der Waals surface area contributed by atoms with Gasteiger partial charge in [-0.3, -0.25) is 10.1 Å².